The number of nitrogens with zero attached hydrogens (tertiary/aromatic N) is 5. The minimum atomic E-state index is -0.616. The van der Waals surface area contributed by atoms with E-state index in [0.717, 1.165) is 5.56 Å². The summed E-state index contributed by atoms with van der Waals surface area (Å²) in [4.78, 5) is 35.1. The molecule has 1 aromatic carbocycles. The van der Waals surface area contributed by atoms with Crippen molar-refractivity contribution in [1.82, 2.24) is 24.4 Å². The summed E-state index contributed by atoms with van der Waals surface area (Å²) in [6, 6.07) is 8.96. The van der Waals surface area contributed by atoms with Crippen molar-refractivity contribution in [2.45, 2.75) is 25.9 Å². The highest BCUT2D eigenvalue weighted by Crippen LogP contribution is 2.29. The number of anilines is 1. The van der Waals surface area contributed by atoms with E-state index in [2.05, 4.69) is 20.4 Å². The van der Waals surface area contributed by atoms with Crippen molar-refractivity contribution in [3.8, 4) is 17.1 Å². The Labute approximate surface area is 211 Å². The van der Waals surface area contributed by atoms with Crippen LogP contribution >= 0.6 is 0 Å². The largest absolute Gasteiger partial charge is 0.489 e. The van der Waals surface area contributed by atoms with Crippen molar-refractivity contribution in [1.29, 1.82) is 0 Å². The fraction of sp³-hybridized carbons (Fsp3) is 0.320. The molecule has 5 rings (SSSR count). The summed E-state index contributed by atoms with van der Waals surface area (Å²) in [7, 11) is 1.34. The maximum absolute atomic E-state index is 13.2. The fourth-order valence-corrected chi connectivity index (χ4v) is 3.94. The van der Waals surface area contributed by atoms with E-state index < -0.39 is 6.10 Å². The number of aryl methyl sites for hydroxylation is 1. The molecule has 0 spiro atoms. The number of aliphatic hydroxyl groups excluding tert-OH is 1. The number of benzene rings is 1. The van der Waals surface area contributed by atoms with Crippen LogP contribution in [0.5, 0.6) is 5.75 Å². The lowest BCUT2D eigenvalue weighted by molar-refractivity contribution is 0.0804. The number of hydrogen-bond donors (Lipinski definition) is 2. The molecular formula is C25H26N6O6. The minimum Gasteiger partial charge on any atom is -0.489 e. The molecule has 3 aromatic heterocycles. The number of amides is 2. The zero-order valence-electron chi connectivity index (χ0n) is 20.5. The van der Waals surface area contributed by atoms with Crippen molar-refractivity contribution in [3.05, 3.63) is 59.9 Å². The molecular weight excluding hydrogens is 480 g/mol. The van der Waals surface area contributed by atoms with Crippen molar-refractivity contribution in [3.63, 3.8) is 0 Å². The highest BCUT2D eigenvalue weighted by molar-refractivity contribution is 6.04. The zero-order valence-corrected chi connectivity index (χ0v) is 20.5. The standard InChI is InChI=1S/C25H26N6O6/c1-14-4-5-16(22-28-24(37-29-22)17-10-30(11-17)25(34)35-3)8-19(14)27-23(33)20-9-26-21-7-6-18(12-31(20)21)36-13-15(2)32/h4-9,12,15,17,32H,10-11,13H2,1-3H3,(H,27,33)/t15-/m1/s1. The SMILES string of the molecule is COC(=O)N1CC(c2nc(-c3ccc(C)c(NC(=O)c4cnc5ccc(OC[C@@H](C)O)cn45)c3)no2)C1. The average molecular weight is 507 g/mol. The van der Waals surface area contributed by atoms with Crippen LogP contribution in [-0.4, -0.2) is 74.4 Å². The van der Waals surface area contributed by atoms with Crippen molar-refractivity contribution >= 4 is 23.3 Å². The number of imidazole rings is 1. The Morgan fingerprint density at radius 1 is 1.27 bits per heavy atom. The number of carbonyl (C=O) groups excluding carboxylic acids is 2. The van der Waals surface area contributed by atoms with Crippen LogP contribution in [-0.2, 0) is 4.74 Å². The van der Waals surface area contributed by atoms with Crippen LogP contribution < -0.4 is 10.1 Å². The first-order valence-electron chi connectivity index (χ1n) is 11.7. The maximum Gasteiger partial charge on any atom is 0.409 e. The topological polar surface area (TPSA) is 144 Å². The smallest absolute Gasteiger partial charge is 0.409 e. The van der Waals surface area contributed by atoms with E-state index in [4.69, 9.17) is 14.0 Å². The van der Waals surface area contributed by atoms with E-state index >= 15 is 0 Å². The molecule has 1 fully saturated rings. The molecule has 4 aromatic rings. The lowest BCUT2D eigenvalue weighted by atomic mass is 10.0. The third-order valence-electron chi connectivity index (χ3n) is 6.05. The molecule has 2 N–H and O–H groups in total. The van der Waals surface area contributed by atoms with E-state index in [9.17, 15) is 14.7 Å². The number of methoxy groups -OCH3 is 1. The Morgan fingerprint density at radius 2 is 2.08 bits per heavy atom. The van der Waals surface area contributed by atoms with E-state index in [1.54, 1.807) is 40.6 Å². The van der Waals surface area contributed by atoms with Gasteiger partial charge in [0.2, 0.25) is 11.7 Å². The number of fused-ring (bicyclic) bond motifs is 1. The second-order valence-electron chi connectivity index (χ2n) is 8.91. The Hall–Kier alpha value is -4.45. The molecule has 0 unspecified atom stereocenters. The number of ether oxygens (including phenoxy) is 2. The maximum atomic E-state index is 13.2. The van der Waals surface area contributed by atoms with Crippen molar-refractivity contribution in [2.24, 2.45) is 0 Å². The van der Waals surface area contributed by atoms with Gasteiger partial charge in [-0.15, -0.1) is 0 Å². The highest BCUT2D eigenvalue weighted by Gasteiger charge is 2.36. The molecule has 1 aliphatic rings. The molecule has 12 nitrogen and oxygen atoms in total. The van der Waals surface area contributed by atoms with Gasteiger partial charge in [0.15, 0.2) is 0 Å². The molecule has 12 heteroatoms. The number of nitrogens with one attached hydrogen (secondary N) is 1. The van der Waals surface area contributed by atoms with E-state index in [0.29, 0.717) is 53.1 Å². The number of rotatable bonds is 7. The van der Waals surface area contributed by atoms with Gasteiger partial charge in [0.1, 0.15) is 23.7 Å². The zero-order chi connectivity index (χ0) is 26.1. The number of aliphatic hydroxyl groups is 1. The summed E-state index contributed by atoms with van der Waals surface area (Å²) >= 11 is 0. The summed E-state index contributed by atoms with van der Waals surface area (Å²) in [5.74, 6) is 0.936. The minimum absolute atomic E-state index is 0.0467. The van der Waals surface area contributed by atoms with E-state index in [-0.39, 0.29) is 24.5 Å². The third-order valence-corrected chi connectivity index (χ3v) is 6.05. The van der Waals surface area contributed by atoms with Gasteiger partial charge in [-0.2, -0.15) is 4.98 Å². The quantitative estimate of drug-likeness (QED) is 0.386. The molecule has 0 aliphatic carbocycles. The lowest BCUT2D eigenvalue weighted by Gasteiger charge is -2.35. The van der Waals surface area contributed by atoms with E-state index in [1.807, 2.05) is 19.1 Å². The van der Waals surface area contributed by atoms with Gasteiger partial charge in [-0.3, -0.25) is 9.20 Å². The first-order valence-corrected chi connectivity index (χ1v) is 11.7. The van der Waals surface area contributed by atoms with Crippen LogP contribution in [0.4, 0.5) is 10.5 Å². The molecule has 0 radical (unpaired) electrons. The van der Waals surface area contributed by atoms with Crippen molar-refractivity contribution in [2.75, 3.05) is 32.1 Å². The Kier molecular flexibility index (Phi) is 6.49. The summed E-state index contributed by atoms with van der Waals surface area (Å²) in [5.41, 5.74) is 3.02. The number of hydrogen-bond acceptors (Lipinski definition) is 9. The monoisotopic (exact) mass is 506 g/mol. The molecule has 0 saturated carbocycles. The summed E-state index contributed by atoms with van der Waals surface area (Å²) in [6.07, 6.45) is 2.15. The van der Waals surface area contributed by atoms with Gasteiger partial charge < -0.3 is 29.3 Å². The van der Waals surface area contributed by atoms with Crippen LogP contribution in [0.15, 0.2) is 47.2 Å². The predicted octanol–water partition coefficient (Wildman–Crippen LogP) is 2.87. The fourth-order valence-electron chi connectivity index (χ4n) is 3.94. The summed E-state index contributed by atoms with van der Waals surface area (Å²) in [6.45, 7) is 4.55. The Morgan fingerprint density at radius 3 is 2.84 bits per heavy atom. The molecule has 1 atom stereocenters. The van der Waals surface area contributed by atoms with Crippen molar-refractivity contribution < 1.29 is 28.7 Å². The van der Waals surface area contributed by atoms with Gasteiger partial charge in [0, 0.05) is 24.3 Å². The molecule has 4 heterocycles. The van der Waals surface area contributed by atoms with E-state index in [1.165, 1.54) is 13.3 Å². The first-order chi connectivity index (χ1) is 17.8. The molecule has 1 aliphatic heterocycles. The van der Waals surface area contributed by atoms with Crippen LogP contribution in [0.1, 0.15) is 34.8 Å². The average Bonchev–Trinajstić information content (AvgIpc) is 3.50. The Balaban J connectivity index is 1.32. The lowest BCUT2D eigenvalue weighted by Crippen LogP contribution is -2.48. The number of carbonyl (C=O) groups is 2. The van der Waals surface area contributed by atoms with Crippen LogP contribution in [0.3, 0.4) is 0 Å². The molecule has 0 bridgehead atoms. The molecule has 1 saturated heterocycles. The molecule has 2 amide bonds. The van der Waals surface area contributed by atoms with Gasteiger partial charge in [0.25, 0.3) is 5.91 Å². The van der Waals surface area contributed by atoms with Crippen LogP contribution in [0.2, 0.25) is 0 Å². The van der Waals surface area contributed by atoms with Gasteiger partial charge >= 0.3 is 6.09 Å². The first kappa shape index (κ1) is 24.3. The summed E-state index contributed by atoms with van der Waals surface area (Å²) in [5, 5.41) is 16.5. The second-order valence-corrected chi connectivity index (χ2v) is 8.91. The Bertz CT molecular complexity index is 1460. The van der Waals surface area contributed by atoms with Gasteiger partial charge in [-0.1, -0.05) is 17.3 Å². The van der Waals surface area contributed by atoms with Gasteiger partial charge in [-0.25, -0.2) is 9.78 Å². The molecule has 192 valence electrons. The predicted molar refractivity (Wildman–Crippen MR) is 132 cm³/mol. The molecule has 37 heavy (non-hydrogen) atoms. The van der Waals surface area contributed by atoms with Crippen LogP contribution in [0, 0.1) is 6.92 Å². The highest BCUT2D eigenvalue weighted by atomic mass is 16.5. The number of pyridine rings is 1. The van der Waals surface area contributed by atoms with Crippen LogP contribution in [0.25, 0.3) is 17.0 Å². The number of likely N-dealkylation sites (tertiary alicyclic amines) is 1. The van der Waals surface area contributed by atoms with Gasteiger partial charge in [0.05, 0.1) is 31.5 Å². The second kappa shape index (κ2) is 9.90. The normalized spacial score (nSPS) is 14.3. The van der Waals surface area contributed by atoms with Gasteiger partial charge in [-0.05, 0) is 37.6 Å². The number of aromatic nitrogens is 4. The third kappa shape index (κ3) is 4.96. The summed E-state index contributed by atoms with van der Waals surface area (Å²) < 4.78 is 17.3.